The van der Waals surface area contributed by atoms with Crippen molar-refractivity contribution in [2.75, 3.05) is 13.7 Å². The van der Waals surface area contributed by atoms with Crippen molar-refractivity contribution >= 4 is 0 Å². The molecule has 0 aromatic heterocycles. The Kier molecular flexibility index (Phi) is 4.05. The molecule has 0 rings (SSSR count). The van der Waals surface area contributed by atoms with E-state index >= 15 is 0 Å². The summed E-state index contributed by atoms with van der Waals surface area (Å²) in [4.78, 5) is 0. The van der Waals surface area contributed by atoms with Gasteiger partial charge in [0.05, 0.1) is 0 Å². The molecule has 0 aliphatic heterocycles. The second-order valence-corrected chi connectivity index (χ2v) is 10.6. The number of unbranched alkanes of at least 4 members (excludes halogenated alkanes) is 1. The van der Waals surface area contributed by atoms with Crippen molar-refractivity contribution in [2.24, 2.45) is 0 Å². The average molecular weight is 198 g/mol. The molecule has 0 N–H and O–H groups in total. The Morgan fingerprint density at radius 3 is 2.27 bits per heavy atom. The van der Waals surface area contributed by atoms with Crippen LogP contribution in [0.15, 0.2) is 0 Å². The van der Waals surface area contributed by atoms with Gasteiger partial charge in [0.15, 0.2) is 0 Å². The predicted molar refractivity (Wildman–Crippen MR) is 40.3 cm³/mol. The van der Waals surface area contributed by atoms with Crippen LogP contribution < -0.4 is 0 Å². The molecule has 0 atom stereocenters. The van der Waals surface area contributed by atoms with E-state index in [-0.39, 0.29) is 0 Å². The van der Waals surface area contributed by atoms with Crippen molar-refractivity contribution < 1.29 is 26.0 Å². The summed E-state index contributed by atoms with van der Waals surface area (Å²) in [6, 6.07) is 0. The van der Waals surface area contributed by atoms with E-state index in [0.29, 0.717) is 6.61 Å². The Labute approximate surface area is 70.2 Å². The Morgan fingerprint density at radius 2 is 1.91 bits per heavy atom. The van der Waals surface area contributed by atoms with Crippen LogP contribution in [-0.2, 0) is 26.0 Å². The molecule has 0 aromatic carbocycles. The van der Waals surface area contributed by atoms with Crippen LogP contribution in [0.5, 0.6) is 0 Å². The summed E-state index contributed by atoms with van der Waals surface area (Å²) in [6.45, 7) is 2.60. The Balaban J connectivity index is 3.83. The van der Waals surface area contributed by atoms with E-state index in [9.17, 15) is 3.32 Å². The van der Waals surface area contributed by atoms with Crippen LogP contribution in [0.1, 0.15) is 19.8 Å². The molecule has 0 aromatic rings. The van der Waals surface area contributed by atoms with Crippen LogP contribution in [0.4, 0.5) is 0 Å². The second-order valence-electron chi connectivity index (χ2n) is 3.38. The molecule has 68 valence electrons. The van der Waals surface area contributed by atoms with E-state index in [4.69, 9.17) is 6.64 Å². The molecule has 0 spiro atoms. The SMILES string of the molecule is CCCC[O][Ti]([CH3])([CH3])(=[O])[O]C. The van der Waals surface area contributed by atoms with Crippen molar-refractivity contribution in [3.8, 4) is 0 Å². The van der Waals surface area contributed by atoms with Crippen LogP contribution >= 0.6 is 0 Å². The van der Waals surface area contributed by atoms with E-state index < -0.39 is 16.1 Å². The molecule has 0 bridgehead atoms. The first-order valence-corrected chi connectivity index (χ1v) is 9.05. The first-order chi connectivity index (χ1) is 4.89. The number of hydrogen-bond donors (Lipinski definition) is 0. The number of rotatable bonds is 5. The minimum atomic E-state index is -4.06. The third kappa shape index (κ3) is 5.68. The van der Waals surface area contributed by atoms with Gasteiger partial charge in [-0.15, -0.1) is 0 Å². The normalized spacial score (nSPS) is 13.5. The standard InChI is InChI=1S/C4H9O.CH3O.2CH3.O.Ti/c1-2-3-4-5;1-2;;;;/h2-4H2,1H3;1H3;2*1H3;;/q2*-1;;;;+2. The summed E-state index contributed by atoms with van der Waals surface area (Å²) >= 11 is -4.06. The fourth-order valence-electron chi connectivity index (χ4n) is 0.563. The summed E-state index contributed by atoms with van der Waals surface area (Å²) in [5, 5.41) is 3.15. The molecule has 3 nitrogen and oxygen atoms in total. The summed E-state index contributed by atoms with van der Waals surface area (Å²) in [7, 11) is 1.44. The molecule has 0 saturated heterocycles. The van der Waals surface area contributed by atoms with Gasteiger partial charge in [0.1, 0.15) is 0 Å². The molecule has 0 fully saturated rings. The molecule has 11 heavy (non-hydrogen) atoms. The minimum absolute atomic E-state index is 0.540. The van der Waals surface area contributed by atoms with E-state index in [1.165, 1.54) is 7.11 Å². The number of hydrogen-bond acceptors (Lipinski definition) is 3. The average Bonchev–Trinajstić information content (AvgIpc) is 1.88. The Bertz CT molecular complexity index is 171. The van der Waals surface area contributed by atoms with Crippen LogP contribution in [-0.4, -0.2) is 13.7 Å². The summed E-state index contributed by atoms with van der Waals surface area (Å²) < 4.78 is 21.8. The van der Waals surface area contributed by atoms with Gasteiger partial charge >= 0.3 is 70.0 Å². The van der Waals surface area contributed by atoms with Gasteiger partial charge in [0, 0.05) is 0 Å². The molecular formula is C7H18O3Ti. The van der Waals surface area contributed by atoms with Gasteiger partial charge in [-0.05, 0) is 0 Å². The molecule has 0 saturated carbocycles. The maximum atomic E-state index is 11.7. The summed E-state index contributed by atoms with van der Waals surface area (Å²) in [5.41, 5.74) is 0. The Hall–Kier alpha value is 0.434. The van der Waals surface area contributed by atoms with Crippen LogP contribution in [0.2, 0.25) is 10.5 Å². The van der Waals surface area contributed by atoms with Gasteiger partial charge in [0.25, 0.3) is 0 Å². The van der Waals surface area contributed by atoms with E-state index in [1.54, 1.807) is 10.5 Å². The van der Waals surface area contributed by atoms with Gasteiger partial charge < -0.3 is 0 Å². The van der Waals surface area contributed by atoms with Gasteiger partial charge in [-0.25, -0.2) is 0 Å². The molecule has 0 unspecified atom stereocenters. The topological polar surface area (TPSA) is 35.5 Å². The molecule has 0 aliphatic rings. The second kappa shape index (κ2) is 3.90. The zero-order valence-electron chi connectivity index (χ0n) is 7.85. The zero-order chi connectivity index (χ0) is 8.98. The van der Waals surface area contributed by atoms with Crippen molar-refractivity contribution in [1.29, 1.82) is 0 Å². The maximum absolute atomic E-state index is 11.7. The van der Waals surface area contributed by atoms with Crippen molar-refractivity contribution in [1.82, 2.24) is 0 Å². The van der Waals surface area contributed by atoms with Crippen molar-refractivity contribution in [3.05, 3.63) is 0 Å². The molecular weight excluding hydrogens is 180 g/mol. The first kappa shape index (κ1) is 11.4. The van der Waals surface area contributed by atoms with Gasteiger partial charge in [-0.3, -0.25) is 0 Å². The Morgan fingerprint density at radius 1 is 1.36 bits per heavy atom. The quantitative estimate of drug-likeness (QED) is 0.502. The molecule has 0 aliphatic carbocycles. The van der Waals surface area contributed by atoms with Gasteiger partial charge in [0.2, 0.25) is 0 Å². The van der Waals surface area contributed by atoms with Gasteiger partial charge in [-0.2, -0.15) is 0 Å². The van der Waals surface area contributed by atoms with Gasteiger partial charge in [-0.1, -0.05) is 0 Å². The van der Waals surface area contributed by atoms with Crippen molar-refractivity contribution in [3.63, 3.8) is 0 Å². The predicted octanol–water partition coefficient (Wildman–Crippen LogP) is 2.41. The zero-order valence-corrected chi connectivity index (χ0v) is 9.41. The molecule has 0 amide bonds. The molecule has 0 radical (unpaired) electrons. The monoisotopic (exact) mass is 198 g/mol. The van der Waals surface area contributed by atoms with Crippen LogP contribution in [0.25, 0.3) is 0 Å². The third-order valence-electron chi connectivity index (χ3n) is 1.58. The van der Waals surface area contributed by atoms with E-state index in [0.717, 1.165) is 12.8 Å². The molecule has 4 heteroatoms. The van der Waals surface area contributed by atoms with Crippen LogP contribution in [0.3, 0.4) is 0 Å². The summed E-state index contributed by atoms with van der Waals surface area (Å²) in [5.74, 6) is 0. The molecule has 0 heterocycles. The van der Waals surface area contributed by atoms with E-state index in [2.05, 4.69) is 6.92 Å². The third-order valence-corrected chi connectivity index (χ3v) is 4.97. The summed E-state index contributed by atoms with van der Waals surface area (Å²) in [6.07, 6.45) is 1.98. The van der Waals surface area contributed by atoms with Crippen LogP contribution in [0, 0.1) is 0 Å². The van der Waals surface area contributed by atoms with E-state index in [1.807, 2.05) is 0 Å². The van der Waals surface area contributed by atoms with Crippen molar-refractivity contribution in [2.45, 2.75) is 30.2 Å². The first-order valence-electron chi connectivity index (χ1n) is 4.02. The fraction of sp³-hybridized carbons (Fsp3) is 1.00. The fourth-order valence-corrected chi connectivity index (χ4v) is 1.87.